The molecule has 0 spiro atoms. The molecule has 7 heteroatoms. The quantitative estimate of drug-likeness (QED) is 0.665. The van der Waals surface area contributed by atoms with Crippen molar-refractivity contribution in [3.8, 4) is 5.75 Å². The van der Waals surface area contributed by atoms with Crippen LogP contribution in [0.2, 0.25) is 0 Å². The molecule has 0 amide bonds. The van der Waals surface area contributed by atoms with Crippen molar-refractivity contribution in [2.24, 2.45) is 5.92 Å². The number of nitrogens with zero attached hydrogens (tertiary/aromatic N) is 1. The highest BCUT2D eigenvalue weighted by molar-refractivity contribution is 5.60. The van der Waals surface area contributed by atoms with Gasteiger partial charge >= 0.3 is 12.3 Å². The second-order valence-electron chi connectivity index (χ2n) is 6.08. The van der Waals surface area contributed by atoms with Gasteiger partial charge in [0.15, 0.2) is 0 Å². The van der Waals surface area contributed by atoms with E-state index < -0.39 is 23.0 Å². The maximum Gasteiger partial charge on any atom is 0.387 e. The molecule has 0 aliphatic heterocycles. The van der Waals surface area contributed by atoms with E-state index in [1.54, 1.807) is 0 Å². The molecule has 0 bridgehead atoms. The minimum absolute atomic E-state index is 0.223. The zero-order valence-electron chi connectivity index (χ0n) is 12.5. The molecule has 4 rings (SSSR count). The monoisotopic (exact) mass is 332 g/mol. The number of hydrogen-bond acceptors (Lipinski definition) is 4. The molecule has 24 heavy (non-hydrogen) atoms. The fourth-order valence-corrected chi connectivity index (χ4v) is 3.69. The number of alkyl halides is 2. The molecule has 124 valence electrons. The van der Waals surface area contributed by atoms with E-state index in [-0.39, 0.29) is 6.04 Å². The third-order valence-corrected chi connectivity index (χ3v) is 4.74. The van der Waals surface area contributed by atoms with Gasteiger partial charge in [0.25, 0.3) is 0 Å². The number of fused-ring (bicyclic) bond motifs is 3. The lowest BCUT2D eigenvalue weighted by Crippen LogP contribution is -2.11. The summed E-state index contributed by atoms with van der Waals surface area (Å²) in [5, 5.41) is 14.2. The Balaban J connectivity index is 1.53. The van der Waals surface area contributed by atoms with Gasteiger partial charge in [0.05, 0.1) is 4.92 Å². The number of benzene rings is 2. The van der Waals surface area contributed by atoms with Crippen molar-refractivity contribution < 1.29 is 18.4 Å². The molecule has 0 saturated heterocycles. The van der Waals surface area contributed by atoms with E-state index >= 15 is 0 Å². The molecule has 3 unspecified atom stereocenters. The van der Waals surface area contributed by atoms with Crippen LogP contribution in [0, 0.1) is 16.0 Å². The van der Waals surface area contributed by atoms with Gasteiger partial charge in [-0.15, -0.1) is 0 Å². The number of nitrogens with one attached hydrogen (secondary N) is 1. The minimum atomic E-state index is -3.11. The van der Waals surface area contributed by atoms with Crippen LogP contribution in [0.25, 0.3) is 0 Å². The second kappa shape index (κ2) is 5.43. The maximum absolute atomic E-state index is 12.5. The molecule has 0 heterocycles. The molecule has 1 saturated carbocycles. The topological polar surface area (TPSA) is 64.4 Å². The van der Waals surface area contributed by atoms with Crippen LogP contribution in [0.3, 0.4) is 0 Å². The van der Waals surface area contributed by atoms with E-state index in [1.165, 1.54) is 29.3 Å². The molecule has 3 atom stereocenters. The average Bonchev–Trinajstić information content (AvgIpc) is 3.03. The van der Waals surface area contributed by atoms with Crippen molar-refractivity contribution in [1.82, 2.24) is 0 Å². The number of hydrogen-bond donors (Lipinski definition) is 1. The Bertz CT molecular complexity index is 812. The summed E-state index contributed by atoms with van der Waals surface area (Å²) in [4.78, 5) is 10.2. The summed E-state index contributed by atoms with van der Waals surface area (Å²) >= 11 is 0. The van der Waals surface area contributed by atoms with E-state index in [0.29, 0.717) is 17.5 Å². The molecule has 0 radical (unpaired) electrons. The predicted octanol–water partition coefficient (Wildman–Crippen LogP) is 3.95. The van der Waals surface area contributed by atoms with Crippen molar-refractivity contribution >= 4 is 11.4 Å². The normalized spacial score (nSPS) is 23.5. The van der Waals surface area contributed by atoms with Gasteiger partial charge in [0.1, 0.15) is 0 Å². The zero-order chi connectivity index (χ0) is 16.8. The number of anilines is 1. The highest BCUT2D eigenvalue weighted by Crippen LogP contribution is 2.57. The fraction of sp³-hybridized carbons (Fsp3) is 0.294. The lowest BCUT2D eigenvalue weighted by Gasteiger charge is -2.12. The SMILES string of the molecule is O=[N+]([O-])c1ccc(NC2C3Cc4ccccc4C32)cc1OC(F)F. The van der Waals surface area contributed by atoms with Gasteiger partial charge in [-0.05, 0) is 29.5 Å². The summed E-state index contributed by atoms with van der Waals surface area (Å²) in [5.41, 5.74) is 2.76. The minimum Gasteiger partial charge on any atom is -0.427 e. The first-order chi connectivity index (χ1) is 11.5. The van der Waals surface area contributed by atoms with Crippen molar-refractivity contribution in [3.63, 3.8) is 0 Å². The van der Waals surface area contributed by atoms with Gasteiger partial charge in [0, 0.05) is 29.8 Å². The first-order valence-electron chi connectivity index (χ1n) is 7.62. The molecule has 2 aromatic carbocycles. The molecule has 0 aromatic heterocycles. The van der Waals surface area contributed by atoms with E-state index in [2.05, 4.69) is 22.2 Å². The lowest BCUT2D eigenvalue weighted by molar-refractivity contribution is -0.386. The lowest BCUT2D eigenvalue weighted by atomic mass is 10.1. The Hall–Kier alpha value is -2.70. The molecule has 5 nitrogen and oxygen atoms in total. The largest absolute Gasteiger partial charge is 0.427 e. The van der Waals surface area contributed by atoms with Crippen LogP contribution < -0.4 is 10.1 Å². The average molecular weight is 332 g/mol. The number of halogens is 2. The van der Waals surface area contributed by atoms with Gasteiger partial charge in [-0.25, -0.2) is 0 Å². The summed E-state index contributed by atoms with van der Waals surface area (Å²) in [7, 11) is 0. The first kappa shape index (κ1) is 14.9. The molecule has 2 aliphatic carbocycles. The van der Waals surface area contributed by atoms with E-state index in [4.69, 9.17) is 0 Å². The molecular formula is C17H14F2N2O3. The summed E-state index contributed by atoms with van der Waals surface area (Å²) in [6.45, 7) is -3.11. The highest BCUT2D eigenvalue weighted by Gasteiger charge is 2.55. The third kappa shape index (κ3) is 2.46. The Kier molecular flexibility index (Phi) is 3.37. The van der Waals surface area contributed by atoms with Crippen LogP contribution >= 0.6 is 0 Å². The van der Waals surface area contributed by atoms with E-state index in [9.17, 15) is 18.9 Å². The molecule has 2 aromatic rings. The molecule has 2 aliphatic rings. The van der Waals surface area contributed by atoms with Crippen LogP contribution in [0.15, 0.2) is 42.5 Å². The Labute approximate surface area is 136 Å². The molecular weight excluding hydrogens is 318 g/mol. The number of nitro groups is 1. The summed E-state index contributed by atoms with van der Waals surface area (Å²) in [6, 6.07) is 12.5. The van der Waals surface area contributed by atoms with Gasteiger partial charge in [0.2, 0.25) is 5.75 Å². The summed E-state index contributed by atoms with van der Waals surface area (Å²) in [5.74, 6) is 0.471. The Morgan fingerprint density at radius 2 is 2.04 bits per heavy atom. The highest BCUT2D eigenvalue weighted by atomic mass is 19.3. The van der Waals surface area contributed by atoms with Crippen LogP contribution in [-0.2, 0) is 6.42 Å². The molecule has 1 fully saturated rings. The van der Waals surface area contributed by atoms with Gasteiger partial charge in [-0.2, -0.15) is 8.78 Å². The van der Waals surface area contributed by atoms with Crippen LogP contribution in [0.4, 0.5) is 20.2 Å². The van der Waals surface area contributed by atoms with Crippen LogP contribution in [-0.4, -0.2) is 17.6 Å². The summed E-state index contributed by atoms with van der Waals surface area (Å²) < 4.78 is 29.2. The Morgan fingerprint density at radius 3 is 2.79 bits per heavy atom. The Morgan fingerprint density at radius 1 is 1.25 bits per heavy atom. The zero-order valence-corrected chi connectivity index (χ0v) is 12.5. The van der Waals surface area contributed by atoms with Crippen molar-refractivity contribution in [2.75, 3.05) is 5.32 Å². The number of ether oxygens (including phenoxy) is 1. The van der Waals surface area contributed by atoms with Crippen molar-refractivity contribution in [1.29, 1.82) is 0 Å². The second-order valence-corrected chi connectivity index (χ2v) is 6.08. The van der Waals surface area contributed by atoms with Crippen LogP contribution in [0.1, 0.15) is 17.0 Å². The van der Waals surface area contributed by atoms with Gasteiger partial charge in [-0.1, -0.05) is 24.3 Å². The number of nitro benzene ring substituents is 1. The number of rotatable bonds is 5. The van der Waals surface area contributed by atoms with Crippen molar-refractivity contribution in [3.05, 3.63) is 63.7 Å². The van der Waals surface area contributed by atoms with Crippen LogP contribution in [0.5, 0.6) is 5.75 Å². The van der Waals surface area contributed by atoms with E-state index in [0.717, 1.165) is 6.42 Å². The van der Waals surface area contributed by atoms with Crippen molar-refractivity contribution in [2.45, 2.75) is 25.0 Å². The summed E-state index contributed by atoms with van der Waals surface area (Å²) in [6.07, 6.45) is 0.992. The van der Waals surface area contributed by atoms with Gasteiger partial charge < -0.3 is 10.1 Å². The standard InChI is InChI=1S/C17H14F2N2O3/c18-17(19)24-14-8-10(5-6-13(14)21(22)23)20-16-12-7-9-3-1-2-4-11(9)15(12)16/h1-6,8,12,15-17,20H,7H2. The molecule has 1 N–H and O–H groups in total. The fourth-order valence-electron chi connectivity index (χ4n) is 3.69. The van der Waals surface area contributed by atoms with E-state index in [1.807, 2.05) is 12.1 Å². The predicted molar refractivity (Wildman–Crippen MR) is 83.5 cm³/mol. The maximum atomic E-state index is 12.5. The third-order valence-electron chi connectivity index (χ3n) is 4.74. The smallest absolute Gasteiger partial charge is 0.387 e. The van der Waals surface area contributed by atoms with Gasteiger partial charge in [-0.3, -0.25) is 10.1 Å². The first-order valence-corrected chi connectivity index (χ1v) is 7.62.